The normalized spacial score (nSPS) is 10.3. The van der Waals surface area contributed by atoms with Crippen LogP contribution in [0, 0.1) is 5.82 Å². The van der Waals surface area contributed by atoms with Crippen LogP contribution in [-0.2, 0) is 11.2 Å². The molecule has 0 aromatic heterocycles. The van der Waals surface area contributed by atoms with Crippen LogP contribution in [0.3, 0.4) is 0 Å². The highest BCUT2D eigenvalue weighted by atomic mass is 35.5. The molecule has 0 aliphatic carbocycles. The summed E-state index contributed by atoms with van der Waals surface area (Å²) in [6, 6.07) is 9.30. The molecule has 1 amide bonds. The average Bonchev–Trinajstić information content (AvgIpc) is 2.55. The van der Waals surface area contributed by atoms with Crippen molar-refractivity contribution in [3.8, 4) is 11.5 Å². The Balaban J connectivity index is 1.99. The molecule has 2 aromatic carbocycles. The van der Waals surface area contributed by atoms with Gasteiger partial charge in [-0.1, -0.05) is 11.6 Å². The van der Waals surface area contributed by atoms with Gasteiger partial charge in [0.05, 0.1) is 24.9 Å². The van der Waals surface area contributed by atoms with Crippen LogP contribution in [-0.4, -0.2) is 20.1 Å². The fourth-order valence-electron chi connectivity index (χ4n) is 2.07. The SMILES string of the molecule is COc1cc(CCC(=O)Nc2ccc(F)cc2Cl)cc(OC)c1. The van der Waals surface area contributed by atoms with Crippen molar-refractivity contribution >= 4 is 23.2 Å². The van der Waals surface area contributed by atoms with Crippen molar-refractivity contribution in [2.75, 3.05) is 19.5 Å². The van der Waals surface area contributed by atoms with Crippen molar-refractivity contribution in [2.45, 2.75) is 12.8 Å². The molecule has 0 heterocycles. The van der Waals surface area contributed by atoms with Crippen LogP contribution in [0.4, 0.5) is 10.1 Å². The lowest BCUT2D eigenvalue weighted by molar-refractivity contribution is -0.116. The van der Waals surface area contributed by atoms with Gasteiger partial charge in [-0.2, -0.15) is 0 Å². The molecule has 2 aromatic rings. The van der Waals surface area contributed by atoms with Gasteiger partial charge in [0.2, 0.25) is 5.91 Å². The van der Waals surface area contributed by atoms with E-state index in [1.165, 1.54) is 12.1 Å². The van der Waals surface area contributed by atoms with E-state index in [9.17, 15) is 9.18 Å². The first kappa shape index (κ1) is 17.1. The Kier molecular flexibility index (Phi) is 5.82. The number of aryl methyl sites for hydroxylation is 1. The topological polar surface area (TPSA) is 47.6 Å². The molecule has 2 rings (SSSR count). The minimum Gasteiger partial charge on any atom is -0.497 e. The number of benzene rings is 2. The standard InChI is InChI=1S/C17H17ClFNO3/c1-22-13-7-11(8-14(10-13)23-2)3-6-17(21)20-16-5-4-12(19)9-15(16)18/h4-5,7-10H,3,6H2,1-2H3,(H,20,21). The molecule has 0 aliphatic heterocycles. The van der Waals surface area contributed by atoms with Crippen molar-refractivity contribution in [2.24, 2.45) is 0 Å². The predicted molar refractivity (Wildman–Crippen MR) is 87.9 cm³/mol. The smallest absolute Gasteiger partial charge is 0.224 e. The second-order valence-electron chi connectivity index (χ2n) is 4.89. The zero-order valence-electron chi connectivity index (χ0n) is 12.9. The van der Waals surface area contributed by atoms with Gasteiger partial charge >= 0.3 is 0 Å². The maximum Gasteiger partial charge on any atom is 0.224 e. The maximum atomic E-state index is 13.0. The van der Waals surface area contributed by atoms with Crippen molar-refractivity contribution < 1.29 is 18.7 Å². The summed E-state index contributed by atoms with van der Waals surface area (Å²) in [5.74, 6) is 0.680. The summed E-state index contributed by atoms with van der Waals surface area (Å²) in [5, 5.41) is 2.83. The van der Waals surface area contributed by atoms with Gasteiger partial charge in [-0.25, -0.2) is 4.39 Å². The number of hydrogen-bond acceptors (Lipinski definition) is 3. The number of methoxy groups -OCH3 is 2. The largest absolute Gasteiger partial charge is 0.497 e. The molecule has 0 saturated carbocycles. The van der Waals surface area contributed by atoms with Gasteiger partial charge in [0, 0.05) is 12.5 Å². The van der Waals surface area contributed by atoms with Gasteiger partial charge in [0.15, 0.2) is 0 Å². The van der Waals surface area contributed by atoms with Crippen LogP contribution in [0.2, 0.25) is 5.02 Å². The fraction of sp³-hybridized carbons (Fsp3) is 0.235. The molecule has 0 saturated heterocycles. The number of hydrogen-bond donors (Lipinski definition) is 1. The Morgan fingerprint density at radius 1 is 1.13 bits per heavy atom. The number of carbonyl (C=O) groups is 1. The summed E-state index contributed by atoms with van der Waals surface area (Å²) in [6.07, 6.45) is 0.766. The van der Waals surface area contributed by atoms with E-state index in [0.29, 0.717) is 23.6 Å². The van der Waals surface area contributed by atoms with E-state index in [4.69, 9.17) is 21.1 Å². The molecule has 0 atom stereocenters. The highest BCUT2D eigenvalue weighted by Crippen LogP contribution is 2.24. The molecular weight excluding hydrogens is 321 g/mol. The Morgan fingerprint density at radius 2 is 1.78 bits per heavy atom. The van der Waals surface area contributed by atoms with Crippen LogP contribution in [0.1, 0.15) is 12.0 Å². The van der Waals surface area contributed by atoms with Gasteiger partial charge in [-0.15, -0.1) is 0 Å². The zero-order chi connectivity index (χ0) is 16.8. The van der Waals surface area contributed by atoms with E-state index in [-0.39, 0.29) is 17.4 Å². The molecule has 0 bridgehead atoms. The van der Waals surface area contributed by atoms with Gasteiger partial charge in [-0.3, -0.25) is 4.79 Å². The Morgan fingerprint density at radius 3 is 2.35 bits per heavy atom. The lowest BCUT2D eigenvalue weighted by Crippen LogP contribution is -2.12. The van der Waals surface area contributed by atoms with Gasteiger partial charge < -0.3 is 14.8 Å². The Bertz CT molecular complexity index is 684. The molecule has 0 spiro atoms. The summed E-state index contributed by atoms with van der Waals surface area (Å²) in [5.41, 5.74) is 1.31. The molecule has 6 heteroatoms. The average molecular weight is 338 g/mol. The third kappa shape index (κ3) is 4.86. The third-order valence-electron chi connectivity index (χ3n) is 3.26. The second-order valence-corrected chi connectivity index (χ2v) is 5.30. The number of ether oxygens (including phenoxy) is 2. The first-order chi connectivity index (χ1) is 11.0. The molecular formula is C17H17ClFNO3. The van der Waals surface area contributed by atoms with Crippen LogP contribution in [0.5, 0.6) is 11.5 Å². The van der Waals surface area contributed by atoms with E-state index in [1.54, 1.807) is 20.3 Å². The van der Waals surface area contributed by atoms with Crippen molar-refractivity contribution in [3.05, 3.63) is 52.8 Å². The minimum atomic E-state index is -0.448. The number of nitrogens with one attached hydrogen (secondary N) is 1. The third-order valence-corrected chi connectivity index (χ3v) is 3.57. The molecule has 0 aliphatic rings. The van der Waals surface area contributed by atoms with Crippen LogP contribution >= 0.6 is 11.6 Å². The molecule has 0 fully saturated rings. The van der Waals surface area contributed by atoms with E-state index in [0.717, 1.165) is 11.6 Å². The molecule has 1 N–H and O–H groups in total. The first-order valence-electron chi connectivity index (χ1n) is 6.98. The van der Waals surface area contributed by atoms with E-state index in [1.807, 2.05) is 12.1 Å². The van der Waals surface area contributed by atoms with E-state index < -0.39 is 5.82 Å². The van der Waals surface area contributed by atoms with Crippen molar-refractivity contribution in [3.63, 3.8) is 0 Å². The minimum absolute atomic E-state index is 0.168. The molecule has 0 radical (unpaired) electrons. The summed E-state index contributed by atoms with van der Waals surface area (Å²) in [6.45, 7) is 0. The van der Waals surface area contributed by atoms with Gasteiger partial charge in [0.1, 0.15) is 17.3 Å². The van der Waals surface area contributed by atoms with Crippen molar-refractivity contribution in [1.29, 1.82) is 0 Å². The lowest BCUT2D eigenvalue weighted by atomic mass is 10.1. The van der Waals surface area contributed by atoms with E-state index in [2.05, 4.69) is 5.32 Å². The van der Waals surface area contributed by atoms with Crippen LogP contribution < -0.4 is 14.8 Å². The number of carbonyl (C=O) groups excluding carboxylic acids is 1. The van der Waals surface area contributed by atoms with Crippen LogP contribution in [0.25, 0.3) is 0 Å². The lowest BCUT2D eigenvalue weighted by Gasteiger charge is -2.09. The molecule has 0 unspecified atom stereocenters. The number of halogens is 2. The quantitative estimate of drug-likeness (QED) is 0.864. The maximum absolute atomic E-state index is 13.0. The number of amides is 1. The summed E-state index contributed by atoms with van der Waals surface area (Å²) < 4.78 is 23.4. The monoisotopic (exact) mass is 337 g/mol. The summed E-state index contributed by atoms with van der Waals surface area (Å²) in [4.78, 5) is 12.0. The summed E-state index contributed by atoms with van der Waals surface area (Å²) >= 11 is 5.88. The first-order valence-corrected chi connectivity index (χ1v) is 7.36. The summed E-state index contributed by atoms with van der Waals surface area (Å²) in [7, 11) is 3.14. The zero-order valence-corrected chi connectivity index (χ0v) is 13.6. The fourth-order valence-corrected chi connectivity index (χ4v) is 2.29. The van der Waals surface area contributed by atoms with Gasteiger partial charge in [-0.05, 0) is 42.3 Å². The van der Waals surface area contributed by atoms with Gasteiger partial charge in [0.25, 0.3) is 0 Å². The highest BCUT2D eigenvalue weighted by molar-refractivity contribution is 6.33. The number of rotatable bonds is 6. The molecule has 122 valence electrons. The second kappa shape index (κ2) is 7.83. The molecule has 23 heavy (non-hydrogen) atoms. The Labute approximate surface area is 139 Å². The highest BCUT2D eigenvalue weighted by Gasteiger charge is 2.08. The van der Waals surface area contributed by atoms with Crippen molar-refractivity contribution in [1.82, 2.24) is 0 Å². The predicted octanol–water partition coefficient (Wildman–Crippen LogP) is 4.07. The van der Waals surface area contributed by atoms with E-state index >= 15 is 0 Å². The Hall–Kier alpha value is -2.27. The molecule has 4 nitrogen and oxygen atoms in total. The number of anilines is 1. The van der Waals surface area contributed by atoms with Crippen LogP contribution in [0.15, 0.2) is 36.4 Å².